The van der Waals surface area contributed by atoms with Crippen LogP contribution in [0.1, 0.15) is 35.7 Å². The van der Waals surface area contributed by atoms with E-state index in [1.165, 1.54) is 10.4 Å². The average molecular weight is 445 g/mol. The maximum Gasteiger partial charge on any atom is 0.251 e. The van der Waals surface area contributed by atoms with Crippen LogP contribution in [-0.4, -0.2) is 51.0 Å². The van der Waals surface area contributed by atoms with Crippen molar-refractivity contribution in [2.75, 3.05) is 26.2 Å². The second-order valence-corrected chi connectivity index (χ2v) is 10.2. The summed E-state index contributed by atoms with van der Waals surface area (Å²) in [5.74, 6) is 1.53. The molecule has 0 saturated carbocycles. The second kappa shape index (κ2) is 8.88. The summed E-state index contributed by atoms with van der Waals surface area (Å²) < 4.78 is 39.2. The van der Waals surface area contributed by atoms with Gasteiger partial charge in [-0.05, 0) is 55.5 Å². The van der Waals surface area contributed by atoms with Gasteiger partial charge in [0.15, 0.2) is 11.5 Å². The monoisotopic (exact) mass is 444 g/mol. The van der Waals surface area contributed by atoms with Gasteiger partial charge in [-0.2, -0.15) is 4.31 Å². The number of hydrogen-bond acceptors (Lipinski definition) is 5. The molecule has 31 heavy (non-hydrogen) atoms. The molecule has 0 aromatic heterocycles. The first-order valence-electron chi connectivity index (χ1n) is 10.6. The molecule has 1 amide bonds. The zero-order chi connectivity index (χ0) is 22.0. The van der Waals surface area contributed by atoms with Crippen LogP contribution >= 0.6 is 0 Å². The number of fused-ring (bicyclic) bond motifs is 1. The van der Waals surface area contributed by atoms with Crippen LogP contribution in [0.4, 0.5) is 0 Å². The first-order valence-corrected chi connectivity index (χ1v) is 12.1. The van der Waals surface area contributed by atoms with E-state index in [1.54, 1.807) is 19.1 Å². The quantitative estimate of drug-likeness (QED) is 0.766. The molecule has 2 aliphatic heterocycles. The molecule has 0 spiro atoms. The summed E-state index contributed by atoms with van der Waals surface area (Å²) in [5, 5.41) is 2.85. The van der Waals surface area contributed by atoms with E-state index in [2.05, 4.69) is 12.2 Å². The Hall–Kier alpha value is -2.58. The summed E-state index contributed by atoms with van der Waals surface area (Å²) in [5.41, 5.74) is 1.07. The van der Waals surface area contributed by atoms with Gasteiger partial charge in [-0.1, -0.05) is 25.1 Å². The van der Waals surface area contributed by atoms with Crippen LogP contribution in [0.2, 0.25) is 0 Å². The molecule has 7 nitrogen and oxygen atoms in total. The van der Waals surface area contributed by atoms with Crippen LogP contribution in [0.15, 0.2) is 47.4 Å². The number of benzene rings is 2. The second-order valence-electron chi connectivity index (χ2n) is 8.27. The number of piperidine rings is 1. The van der Waals surface area contributed by atoms with Crippen molar-refractivity contribution in [2.45, 2.75) is 37.7 Å². The summed E-state index contributed by atoms with van der Waals surface area (Å²) >= 11 is 0. The van der Waals surface area contributed by atoms with Crippen molar-refractivity contribution in [3.63, 3.8) is 0 Å². The highest BCUT2D eigenvalue weighted by atomic mass is 32.2. The fourth-order valence-corrected chi connectivity index (χ4v) is 5.34. The molecule has 0 bridgehead atoms. The number of aryl methyl sites for hydroxylation is 1. The minimum atomic E-state index is -3.62. The maximum atomic E-state index is 13.1. The standard InChI is InChI=1S/C23H28N2O5S/c1-16-9-11-25(12-10-16)31(27,28)19-8-7-17(2)20(13-19)23(26)24-14-18-15-29-21-5-3-4-6-22(21)30-18/h3-8,13,16,18H,9-12,14-15H2,1-2H3,(H,24,26)/t18-/m0/s1. The molecule has 0 unspecified atom stereocenters. The SMILES string of the molecule is Cc1ccc(S(=O)(=O)N2CCC(C)CC2)cc1C(=O)NC[C@H]1COc2ccccc2O1. The zero-order valence-corrected chi connectivity index (χ0v) is 18.7. The highest BCUT2D eigenvalue weighted by Crippen LogP contribution is 2.30. The predicted octanol–water partition coefficient (Wildman–Crippen LogP) is 2.99. The van der Waals surface area contributed by atoms with Crippen molar-refractivity contribution in [1.29, 1.82) is 0 Å². The molecular weight excluding hydrogens is 416 g/mol. The lowest BCUT2D eigenvalue weighted by atomic mass is 10.0. The molecular formula is C23H28N2O5S. The number of para-hydroxylation sites is 2. The third-order valence-corrected chi connectivity index (χ3v) is 7.79. The van der Waals surface area contributed by atoms with Crippen LogP contribution in [0.3, 0.4) is 0 Å². The Morgan fingerprint density at radius 1 is 1.13 bits per heavy atom. The van der Waals surface area contributed by atoms with Gasteiger partial charge in [-0.25, -0.2) is 8.42 Å². The smallest absolute Gasteiger partial charge is 0.251 e. The van der Waals surface area contributed by atoms with E-state index in [0.717, 1.165) is 18.4 Å². The van der Waals surface area contributed by atoms with Gasteiger partial charge in [0.05, 0.1) is 11.4 Å². The van der Waals surface area contributed by atoms with Crippen molar-refractivity contribution in [1.82, 2.24) is 9.62 Å². The van der Waals surface area contributed by atoms with Gasteiger partial charge in [0, 0.05) is 18.7 Å². The minimum absolute atomic E-state index is 0.156. The van der Waals surface area contributed by atoms with Crippen LogP contribution in [0.25, 0.3) is 0 Å². The number of sulfonamides is 1. The largest absolute Gasteiger partial charge is 0.486 e. The molecule has 0 aliphatic carbocycles. The number of rotatable bonds is 5. The molecule has 8 heteroatoms. The molecule has 2 aliphatic rings. The van der Waals surface area contributed by atoms with Crippen LogP contribution < -0.4 is 14.8 Å². The first kappa shape index (κ1) is 21.6. The molecule has 1 fully saturated rings. The number of carbonyl (C=O) groups is 1. The topological polar surface area (TPSA) is 84.9 Å². The van der Waals surface area contributed by atoms with Gasteiger partial charge < -0.3 is 14.8 Å². The summed E-state index contributed by atoms with van der Waals surface area (Å²) in [6.45, 7) is 5.55. The number of nitrogens with one attached hydrogen (secondary N) is 1. The number of ether oxygens (including phenoxy) is 2. The van der Waals surface area contributed by atoms with Gasteiger partial charge >= 0.3 is 0 Å². The maximum absolute atomic E-state index is 13.1. The van der Waals surface area contributed by atoms with Crippen molar-refractivity contribution in [2.24, 2.45) is 5.92 Å². The Balaban J connectivity index is 1.44. The van der Waals surface area contributed by atoms with E-state index in [0.29, 0.717) is 42.7 Å². The van der Waals surface area contributed by atoms with Crippen LogP contribution in [0, 0.1) is 12.8 Å². The van der Waals surface area contributed by atoms with E-state index in [9.17, 15) is 13.2 Å². The van der Waals surface area contributed by atoms with E-state index < -0.39 is 10.0 Å². The van der Waals surface area contributed by atoms with E-state index in [-0.39, 0.29) is 23.5 Å². The van der Waals surface area contributed by atoms with E-state index >= 15 is 0 Å². The lowest BCUT2D eigenvalue weighted by Crippen LogP contribution is -2.41. The lowest BCUT2D eigenvalue weighted by Gasteiger charge is -2.29. The Kier molecular flexibility index (Phi) is 6.20. The molecule has 1 atom stereocenters. The average Bonchev–Trinajstić information content (AvgIpc) is 2.77. The summed E-state index contributed by atoms with van der Waals surface area (Å²) in [6, 6.07) is 12.1. The normalized spacial score (nSPS) is 19.7. The Morgan fingerprint density at radius 3 is 2.58 bits per heavy atom. The summed E-state index contributed by atoms with van der Waals surface area (Å²) in [4.78, 5) is 13.0. The van der Waals surface area contributed by atoms with Crippen LogP contribution in [-0.2, 0) is 10.0 Å². The van der Waals surface area contributed by atoms with E-state index in [4.69, 9.17) is 9.47 Å². The van der Waals surface area contributed by atoms with Gasteiger partial charge in [0.1, 0.15) is 12.7 Å². The van der Waals surface area contributed by atoms with Crippen LogP contribution in [0.5, 0.6) is 11.5 Å². The fourth-order valence-electron chi connectivity index (χ4n) is 3.85. The predicted molar refractivity (Wildman–Crippen MR) is 117 cm³/mol. The molecule has 2 heterocycles. The highest BCUT2D eigenvalue weighted by Gasteiger charge is 2.29. The Bertz CT molecular complexity index is 1060. The Morgan fingerprint density at radius 2 is 1.84 bits per heavy atom. The third-order valence-electron chi connectivity index (χ3n) is 5.89. The highest BCUT2D eigenvalue weighted by molar-refractivity contribution is 7.89. The van der Waals surface area contributed by atoms with Gasteiger partial charge in [0.25, 0.3) is 5.91 Å². The number of carbonyl (C=O) groups excluding carboxylic acids is 1. The van der Waals surface area contributed by atoms with Gasteiger partial charge in [0.2, 0.25) is 10.0 Å². The number of amides is 1. The van der Waals surface area contributed by atoms with Gasteiger partial charge in [-0.3, -0.25) is 4.79 Å². The first-order chi connectivity index (χ1) is 14.8. The van der Waals surface area contributed by atoms with Gasteiger partial charge in [-0.15, -0.1) is 0 Å². The minimum Gasteiger partial charge on any atom is -0.486 e. The van der Waals surface area contributed by atoms with Crippen molar-refractivity contribution in [3.05, 3.63) is 53.6 Å². The summed E-state index contributed by atoms with van der Waals surface area (Å²) in [6.07, 6.45) is 1.39. The van der Waals surface area contributed by atoms with E-state index in [1.807, 2.05) is 24.3 Å². The zero-order valence-electron chi connectivity index (χ0n) is 17.8. The van der Waals surface area contributed by atoms with Crippen molar-refractivity contribution >= 4 is 15.9 Å². The molecule has 1 N–H and O–H groups in total. The van der Waals surface area contributed by atoms with Crippen molar-refractivity contribution < 1.29 is 22.7 Å². The molecule has 2 aromatic rings. The summed E-state index contributed by atoms with van der Waals surface area (Å²) in [7, 11) is -3.62. The fraction of sp³-hybridized carbons (Fsp3) is 0.435. The molecule has 166 valence electrons. The molecule has 2 aromatic carbocycles. The Labute approximate surface area is 183 Å². The molecule has 4 rings (SSSR count). The number of hydrogen-bond donors (Lipinski definition) is 1. The van der Waals surface area contributed by atoms with Crippen molar-refractivity contribution in [3.8, 4) is 11.5 Å². The lowest BCUT2D eigenvalue weighted by molar-refractivity contribution is 0.0789. The molecule has 1 saturated heterocycles. The molecule has 0 radical (unpaired) electrons. The third kappa shape index (κ3) is 4.70. The number of nitrogens with zero attached hydrogens (tertiary/aromatic N) is 1.